The number of amides is 1. The first kappa shape index (κ1) is 21.3. The Hall–Kier alpha value is -4.20. The van der Waals surface area contributed by atoms with Crippen LogP contribution in [-0.4, -0.2) is 46.4 Å². The van der Waals surface area contributed by atoms with E-state index in [1.807, 2.05) is 31.2 Å². The smallest absolute Gasteiger partial charge is 0.409 e. The number of aromatic amines is 1. The van der Waals surface area contributed by atoms with E-state index in [1.54, 1.807) is 11.0 Å². The number of likely N-dealkylation sites (tertiary alicyclic amines) is 1. The van der Waals surface area contributed by atoms with E-state index >= 15 is 0 Å². The van der Waals surface area contributed by atoms with Crippen molar-refractivity contribution in [3.63, 3.8) is 0 Å². The van der Waals surface area contributed by atoms with Gasteiger partial charge in [0.2, 0.25) is 0 Å². The minimum absolute atomic E-state index is 0.0286. The summed E-state index contributed by atoms with van der Waals surface area (Å²) in [4.78, 5) is 22.5. The number of methoxy groups -OCH3 is 1. The van der Waals surface area contributed by atoms with Crippen LogP contribution in [0.5, 0.6) is 5.75 Å². The van der Waals surface area contributed by atoms with Crippen LogP contribution in [0.1, 0.15) is 30.0 Å². The largest absolute Gasteiger partial charge is 0.508 e. The number of ether oxygens (including phenoxy) is 1. The number of phenolic OH excluding ortho intramolecular Hbond substituents is 1. The molecule has 1 amide bonds. The van der Waals surface area contributed by atoms with Crippen molar-refractivity contribution in [2.45, 2.75) is 25.8 Å². The number of imidazole rings is 1. The van der Waals surface area contributed by atoms with E-state index in [0.717, 1.165) is 68.9 Å². The van der Waals surface area contributed by atoms with Gasteiger partial charge in [0.25, 0.3) is 0 Å². The molecule has 1 atom stereocenters. The van der Waals surface area contributed by atoms with Gasteiger partial charge in [-0.15, -0.1) is 0 Å². The van der Waals surface area contributed by atoms with Crippen LogP contribution in [0.2, 0.25) is 0 Å². The Labute approximate surface area is 202 Å². The van der Waals surface area contributed by atoms with E-state index in [0.29, 0.717) is 13.2 Å². The van der Waals surface area contributed by atoms with E-state index in [1.165, 1.54) is 7.11 Å². The standard InChI is InChI=1S/C27H27N5O3/c1-15-5-6-17(13-24(15)33)16-7-8-20-21(11-16)31-26(30-20)19-10-18(12-22-25(19)29-14-28-22)23-4-3-9-32(23)27(34)35-2/h5-8,10-13,23,28-29,33H,3-4,9,14H2,1-2H3,(H,30,31). The number of carbonyl (C=O) groups excluding carboxylic acids is 1. The molecule has 8 heteroatoms. The van der Waals surface area contributed by atoms with Gasteiger partial charge < -0.3 is 30.4 Å². The van der Waals surface area contributed by atoms with Crippen molar-refractivity contribution in [1.29, 1.82) is 0 Å². The zero-order chi connectivity index (χ0) is 24.1. The average Bonchev–Trinajstić information content (AvgIpc) is 3.62. The molecule has 35 heavy (non-hydrogen) atoms. The molecule has 0 aliphatic carbocycles. The van der Waals surface area contributed by atoms with Crippen molar-refractivity contribution in [2.24, 2.45) is 0 Å². The predicted octanol–water partition coefficient (Wildman–Crippen LogP) is 5.61. The Morgan fingerprint density at radius 1 is 1.11 bits per heavy atom. The fourth-order valence-corrected chi connectivity index (χ4v) is 5.16. The zero-order valence-electron chi connectivity index (χ0n) is 19.7. The SMILES string of the molecule is COC(=O)N1CCCC1c1cc2c(c(-c3nc4ccc(-c5ccc(C)c(O)c5)cc4[nH]3)c1)NCN2. The second-order valence-electron chi connectivity index (χ2n) is 9.16. The van der Waals surface area contributed by atoms with Crippen molar-refractivity contribution in [1.82, 2.24) is 14.9 Å². The highest BCUT2D eigenvalue weighted by molar-refractivity contribution is 5.92. The van der Waals surface area contributed by atoms with Gasteiger partial charge in [0.15, 0.2) is 0 Å². The Balaban J connectivity index is 1.42. The number of fused-ring (bicyclic) bond motifs is 2. The average molecular weight is 470 g/mol. The minimum atomic E-state index is -0.293. The number of anilines is 2. The molecule has 1 saturated heterocycles. The molecule has 0 radical (unpaired) electrons. The van der Waals surface area contributed by atoms with Crippen LogP contribution in [0.4, 0.5) is 16.2 Å². The molecule has 2 aliphatic heterocycles. The zero-order valence-corrected chi connectivity index (χ0v) is 19.7. The molecule has 8 nitrogen and oxygen atoms in total. The number of rotatable bonds is 3. The number of H-pyrrole nitrogens is 1. The molecular formula is C27H27N5O3. The summed E-state index contributed by atoms with van der Waals surface area (Å²) in [5.74, 6) is 1.05. The van der Waals surface area contributed by atoms with Gasteiger partial charge in [0.1, 0.15) is 11.6 Å². The predicted molar refractivity (Wildman–Crippen MR) is 137 cm³/mol. The van der Waals surface area contributed by atoms with Gasteiger partial charge in [-0.2, -0.15) is 0 Å². The lowest BCUT2D eigenvalue weighted by Gasteiger charge is -2.24. The number of nitrogens with zero attached hydrogens (tertiary/aromatic N) is 2. The van der Waals surface area contributed by atoms with Gasteiger partial charge in [-0.05, 0) is 72.4 Å². The third kappa shape index (κ3) is 3.62. The second-order valence-corrected chi connectivity index (χ2v) is 9.16. The van der Waals surface area contributed by atoms with Gasteiger partial charge in [-0.25, -0.2) is 9.78 Å². The van der Waals surface area contributed by atoms with Gasteiger partial charge >= 0.3 is 6.09 Å². The van der Waals surface area contributed by atoms with Crippen LogP contribution in [0.15, 0.2) is 48.5 Å². The lowest BCUT2D eigenvalue weighted by atomic mass is 9.99. The summed E-state index contributed by atoms with van der Waals surface area (Å²) < 4.78 is 5.02. The van der Waals surface area contributed by atoms with Gasteiger partial charge in [0, 0.05) is 12.1 Å². The van der Waals surface area contributed by atoms with Crippen LogP contribution in [-0.2, 0) is 4.74 Å². The number of hydrogen-bond donors (Lipinski definition) is 4. The number of benzene rings is 3. The molecule has 0 bridgehead atoms. The lowest BCUT2D eigenvalue weighted by molar-refractivity contribution is 0.119. The van der Waals surface area contributed by atoms with E-state index in [2.05, 4.69) is 33.8 Å². The van der Waals surface area contributed by atoms with E-state index < -0.39 is 0 Å². The molecule has 3 heterocycles. The highest BCUT2D eigenvalue weighted by Gasteiger charge is 2.32. The molecule has 1 unspecified atom stereocenters. The number of phenols is 1. The third-order valence-corrected chi connectivity index (χ3v) is 7.03. The Morgan fingerprint density at radius 2 is 1.94 bits per heavy atom. The van der Waals surface area contributed by atoms with Crippen molar-refractivity contribution in [3.05, 3.63) is 59.7 Å². The number of aryl methyl sites for hydroxylation is 1. The van der Waals surface area contributed by atoms with Crippen LogP contribution in [0.25, 0.3) is 33.5 Å². The molecular weight excluding hydrogens is 442 g/mol. The Morgan fingerprint density at radius 3 is 2.77 bits per heavy atom. The topological polar surface area (TPSA) is 103 Å². The van der Waals surface area contributed by atoms with E-state index in [4.69, 9.17) is 9.72 Å². The summed E-state index contributed by atoms with van der Waals surface area (Å²) in [5, 5.41) is 17.0. The molecule has 1 aromatic heterocycles. The molecule has 4 N–H and O–H groups in total. The van der Waals surface area contributed by atoms with Crippen LogP contribution >= 0.6 is 0 Å². The van der Waals surface area contributed by atoms with Crippen molar-refractivity contribution in [3.8, 4) is 28.3 Å². The highest BCUT2D eigenvalue weighted by Crippen LogP contribution is 2.42. The number of aromatic hydroxyl groups is 1. The molecule has 0 saturated carbocycles. The Bertz CT molecular complexity index is 1460. The second kappa shape index (κ2) is 8.23. The van der Waals surface area contributed by atoms with Crippen molar-refractivity contribution in [2.75, 3.05) is 31.0 Å². The molecule has 178 valence electrons. The normalized spacial score (nSPS) is 16.7. The lowest BCUT2D eigenvalue weighted by Crippen LogP contribution is -2.30. The van der Waals surface area contributed by atoms with Gasteiger partial charge in [-0.3, -0.25) is 0 Å². The van der Waals surface area contributed by atoms with E-state index in [9.17, 15) is 9.90 Å². The summed E-state index contributed by atoms with van der Waals surface area (Å²) >= 11 is 0. The summed E-state index contributed by atoms with van der Waals surface area (Å²) in [5.41, 5.74) is 8.61. The fourth-order valence-electron chi connectivity index (χ4n) is 5.16. The number of carbonyl (C=O) groups is 1. The molecule has 0 spiro atoms. The summed E-state index contributed by atoms with van der Waals surface area (Å²) in [6, 6.07) is 16.0. The van der Waals surface area contributed by atoms with E-state index in [-0.39, 0.29) is 17.9 Å². The third-order valence-electron chi connectivity index (χ3n) is 7.03. The Kier molecular flexibility index (Phi) is 5.02. The first-order valence-corrected chi connectivity index (χ1v) is 11.8. The summed E-state index contributed by atoms with van der Waals surface area (Å²) in [6.07, 6.45) is 1.55. The van der Waals surface area contributed by atoms with Crippen LogP contribution in [0.3, 0.4) is 0 Å². The quantitative estimate of drug-likeness (QED) is 0.311. The summed E-state index contributed by atoms with van der Waals surface area (Å²) in [6.45, 7) is 3.21. The van der Waals surface area contributed by atoms with Gasteiger partial charge in [0.05, 0.1) is 42.2 Å². The molecule has 2 aliphatic rings. The van der Waals surface area contributed by atoms with Crippen LogP contribution < -0.4 is 10.6 Å². The van der Waals surface area contributed by atoms with Crippen molar-refractivity contribution < 1.29 is 14.6 Å². The summed E-state index contributed by atoms with van der Waals surface area (Å²) in [7, 11) is 1.43. The molecule has 1 fully saturated rings. The maximum absolute atomic E-state index is 12.3. The number of hydrogen-bond acceptors (Lipinski definition) is 6. The first-order chi connectivity index (χ1) is 17.0. The van der Waals surface area contributed by atoms with Crippen LogP contribution in [0, 0.1) is 6.92 Å². The molecule has 4 aromatic rings. The maximum Gasteiger partial charge on any atom is 0.409 e. The first-order valence-electron chi connectivity index (χ1n) is 11.8. The van der Waals surface area contributed by atoms with Crippen molar-refractivity contribution >= 4 is 28.5 Å². The minimum Gasteiger partial charge on any atom is -0.508 e. The maximum atomic E-state index is 12.3. The highest BCUT2D eigenvalue weighted by atomic mass is 16.5. The molecule has 6 rings (SSSR count). The van der Waals surface area contributed by atoms with Gasteiger partial charge in [-0.1, -0.05) is 18.2 Å². The fraction of sp³-hybridized carbons (Fsp3) is 0.259. The number of nitrogens with one attached hydrogen (secondary N) is 3. The number of aromatic nitrogens is 2. The monoisotopic (exact) mass is 469 g/mol. The molecule has 3 aromatic carbocycles.